The van der Waals surface area contributed by atoms with Crippen LogP contribution in [0.3, 0.4) is 0 Å². The highest BCUT2D eigenvalue weighted by atomic mass is 35.5. The number of likely N-dealkylation sites (tertiary alicyclic amines) is 2. The molecule has 0 bridgehead atoms. The Labute approximate surface area is 238 Å². The number of hydrogen-bond donors (Lipinski definition) is 2. The van der Waals surface area contributed by atoms with Crippen molar-refractivity contribution in [2.24, 2.45) is 11.3 Å². The molecule has 1 spiro atoms. The fourth-order valence-corrected chi connectivity index (χ4v) is 4.95. The standard InChI is InChI=1S/C25H26Cl2F2N6O5/c1-23(2,3)40-22(39)35-12-24(13-35)11-34(20(37)18-9-30-6-7-31-18)10-15(24)19(36)32-33-21(38)25(28,29)14-4-5-16(26)17(27)8-14/h4-9,15H,10-13H2,1-3H3,(H,32,36)(H,33,38). The summed E-state index contributed by atoms with van der Waals surface area (Å²) in [6.07, 6.45) is 3.44. The molecule has 4 amide bonds. The first kappa shape index (κ1) is 29.4. The molecule has 0 radical (unpaired) electrons. The number of amides is 4. The highest BCUT2D eigenvalue weighted by molar-refractivity contribution is 6.42. The van der Waals surface area contributed by atoms with Crippen molar-refractivity contribution in [2.45, 2.75) is 32.3 Å². The number of aromatic nitrogens is 2. The van der Waals surface area contributed by atoms with Gasteiger partial charge in [-0.25, -0.2) is 9.78 Å². The molecule has 40 heavy (non-hydrogen) atoms. The maximum atomic E-state index is 14.8. The molecule has 11 nitrogen and oxygen atoms in total. The summed E-state index contributed by atoms with van der Waals surface area (Å²) in [6, 6.07) is 2.92. The number of hydrogen-bond acceptors (Lipinski definition) is 7. The second-order valence-electron chi connectivity index (χ2n) is 10.7. The lowest BCUT2D eigenvalue weighted by molar-refractivity contribution is -0.151. The van der Waals surface area contributed by atoms with Crippen LogP contribution in [0.5, 0.6) is 0 Å². The number of nitrogens with zero attached hydrogens (tertiary/aromatic N) is 4. The Kier molecular flexibility index (Phi) is 7.92. The minimum absolute atomic E-state index is 0.0305. The monoisotopic (exact) mass is 598 g/mol. The Morgan fingerprint density at radius 2 is 1.70 bits per heavy atom. The molecule has 1 aromatic heterocycles. The number of carbonyl (C=O) groups is 4. The zero-order valence-corrected chi connectivity index (χ0v) is 23.2. The first-order valence-corrected chi connectivity index (χ1v) is 12.9. The van der Waals surface area contributed by atoms with Crippen molar-refractivity contribution < 1.29 is 32.7 Å². The summed E-state index contributed by atoms with van der Waals surface area (Å²) in [5, 5.41) is -0.140. The van der Waals surface area contributed by atoms with Crippen LogP contribution in [-0.4, -0.2) is 75.4 Å². The van der Waals surface area contributed by atoms with Gasteiger partial charge in [-0.15, -0.1) is 0 Å². The number of benzene rings is 1. The van der Waals surface area contributed by atoms with Gasteiger partial charge in [-0.05, 0) is 32.9 Å². The number of rotatable bonds is 4. The average Bonchev–Trinajstić information content (AvgIpc) is 3.28. The molecule has 2 aromatic rings. The van der Waals surface area contributed by atoms with E-state index in [1.807, 2.05) is 0 Å². The van der Waals surface area contributed by atoms with Crippen LogP contribution in [0.4, 0.5) is 13.6 Å². The van der Waals surface area contributed by atoms with E-state index in [0.29, 0.717) is 0 Å². The van der Waals surface area contributed by atoms with Gasteiger partial charge in [0.1, 0.15) is 11.3 Å². The summed E-state index contributed by atoms with van der Waals surface area (Å²) in [5.74, 6) is -8.11. The summed E-state index contributed by atoms with van der Waals surface area (Å²) >= 11 is 11.6. The Bertz CT molecular complexity index is 1330. The number of halogens is 4. The van der Waals surface area contributed by atoms with Crippen LogP contribution in [0.25, 0.3) is 0 Å². The number of hydrazine groups is 1. The lowest BCUT2D eigenvalue weighted by Crippen LogP contribution is -2.65. The zero-order valence-electron chi connectivity index (χ0n) is 21.7. The molecule has 4 rings (SSSR count). The van der Waals surface area contributed by atoms with Crippen molar-refractivity contribution in [1.29, 1.82) is 0 Å². The van der Waals surface area contributed by atoms with Crippen LogP contribution in [0, 0.1) is 11.3 Å². The van der Waals surface area contributed by atoms with E-state index >= 15 is 0 Å². The molecule has 2 aliphatic heterocycles. The molecule has 1 unspecified atom stereocenters. The maximum absolute atomic E-state index is 14.8. The molecule has 2 N–H and O–H groups in total. The van der Waals surface area contributed by atoms with Crippen molar-refractivity contribution in [2.75, 3.05) is 26.2 Å². The lowest BCUT2D eigenvalue weighted by atomic mass is 9.71. The zero-order chi connectivity index (χ0) is 29.5. The van der Waals surface area contributed by atoms with E-state index < -0.39 is 52.2 Å². The summed E-state index contributed by atoms with van der Waals surface area (Å²) in [6.45, 7) is 5.24. The third-order valence-electron chi connectivity index (χ3n) is 6.56. The first-order valence-electron chi connectivity index (χ1n) is 12.1. The smallest absolute Gasteiger partial charge is 0.410 e. The van der Waals surface area contributed by atoms with Gasteiger partial charge in [-0.1, -0.05) is 29.3 Å². The quantitative estimate of drug-likeness (QED) is 0.517. The van der Waals surface area contributed by atoms with E-state index in [0.717, 1.165) is 18.2 Å². The van der Waals surface area contributed by atoms with Crippen molar-refractivity contribution in [3.8, 4) is 0 Å². The SMILES string of the molecule is CC(C)(C)OC(=O)N1CC2(C1)CN(C(=O)c1cnccn1)CC2C(=O)NNC(=O)C(F)(F)c1ccc(Cl)c(Cl)c1. The van der Waals surface area contributed by atoms with Gasteiger partial charge in [0.2, 0.25) is 5.91 Å². The molecule has 2 saturated heterocycles. The van der Waals surface area contributed by atoms with E-state index in [4.69, 9.17) is 27.9 Å². The molecule has 0 saturated carbocycles. The Hall–Kier alpha value is -3.58. The van der Waals surface area contributed by atoms with Gasteiger partial charge in [0.15, 0.2) is 0 Å². The molecule has 1 atom stereocenters. The van der Waals surface area contributed by atoms with Crippen molar-refractivity contribution in [3.05, 3.63) is 58.1 Å². The number of alkyl halides is 2. The van der Waals surface area contributed by atoms with E-state index in [9.17, 15) is 28.0 Å². The van der Waals surface area contributed by atoms with Gasteiger partial charge in [-0.3, -0.25) is 30.2 Å². The van der Waals surface area contributed by atoms with Crippen LogP contribution in [0.1, 0.15) is 36.8 Å². The van der Waals surface area contributed by atoms with E-state index in [1.54, 1.807) is 26.2 Å². The summed E-state index contributed by atoms with van der Waals surface area (Å²) in [4.78, 5) is 61.8. The molecule has 1 aromatic carbocycles. The van der Waals surface area contributed by atoms with Gasteiger partial charge in [0.25, 0.3) is 5.91 Å². The first-order chi connectivity index (χ1) is 18.6. The minimum atomic E-state index is -4.05. The highest BCUT2D eigenvalue weighted by Crippen LogP contribution is 2.45. The van der Waals surface area contributed by atoms with Gasteiger partial charge in [0.05, 0.1) is 22.2 Å². The summed E-state index contributed by atoms with van der Waals surface area (Å²) in [7, 11) is 0. The fraction of sp³-hybridized carbons (Fsp3) is 0.440. The predicted molar refractivity (Wildman–Crippen MR) is 138 cm³/mol. The van der Waals surface area contributed by atoms with Gasteiger partial charge < -0.3 is 14.5 Å². The second-order valence-corrected chi connectivity index (χ2v) is 11.5. The summed E-state index contributed by atoms with van der Waals surface area (Å²) < 4.78 is 34.9. The molecule has 3 heterocycles. The van der Waals surface area contributed by atoms with Crippen LogP contribution < -0.4 is 10.9 Å². The topological polar surface area (TPSA) is 134 Å². The molecular formula is C25H26Cl2F2N6O5. The lowest BCUT2D eigenvalue weighted by Gasteiger charge is -2.49. The normalized spacial score (nSPS) is 18.2. The average molecular weight is 599 g/mol. The Morgan fingerprint density at radius 1 is 1.02 bits per heavy atom. The minimum Gasteiger partial charge on any atom is -0.444 e. The number of nitrogens with one attached hydrogen (secondary N) is 2. The third kappa shape index (κ3) is 5.94. The molecule has 214 valence electrons. The van der Waals surface area contributed by atoms with Crippen LogP contribution >= 0.6 is 23.2 Å². The van der Waals surface area contributed by atoms with Crippen LogP contribution in [0.2, 0.25) is 10.0 Å². The van der Waals surface area contributed by atoms with Gasteiger partial charge in [-0.2, -0.15) is 8.78 Å². The molecule has 2 aliphatic rings. The summed E-state index contributed by atoms with van der Waals surface area (Å²) in [5.41, 5.74) is 1.49. The van der Waals surface area contributed by atoms with E-state index in [1.165, 1.54) is 28.4 Å². The predicted octanol–water partition coefficient (Wildman–Crippen LogP) is 3.03. The highest BCUT2D eigenvalue weighted by Gasteiger charge is 2.59. The second kappa shape index (κ2) is 10.8. The van der Waals surface area contributed by atoms with Gasteiger partial charge in [0, 0.05) is 49.6 Å². The van der Waals surface area contributed by atoms with Crippen LogP contribution in [-0.2, 0) is 20.2 Å². The van der Waals surface area contributed by atoms with Crippen molar-refractivity contribution >= 4 is 47.0 Å². The Morgan fingerprint density at radius 3 is 2.30 bits per heavy atom. The van der Waals surface area contributed by atoms with E-state index in [-0.39, 0.29) is 41.9 Å². The van der Waals surface area contributed by atoms with Crippen molar-refractivity contribution in [1.82, 2.24) is 30.6 Å². The largest absolute Gasteiger partial charge is 0.444 e. The van der Waals surface area contributed by atoms with E-state index in [2.05, 4.69) is 15.4 Å². The van der Waals surface area contributed by atoms with Crippen LogP contribution in [0.15, 0.2) is 36.8 Å². The fourth-order valence-electron chi connectivity index (χ4n) is 4.65. The Balaban J connectivity index is 1.48. The molecule has 2 fully saturated rings. The van der Waals surface area contributed by atoms with Crippen molar-refractivity contribution in [3.63, 3.8) is 0 Å². The van der Waals surface area contributed by atoms with Gasteiger partial charge >= 0.3 is 17.9 Å². The third-order valence-corrected chi connectivity index (χ3v) is 7.30. The number of ether oxygens (including phenoxy) is 1. The molecule has 15 heteroatoms. The number of carbonyl (C=O) groups excluding carboxylic acids is 4. The maximum Gasteiger partial charge on any atom is 0.410 e. The molecule has 0 aliphatic carbocycles. The molecular weight excluding hydrogens is 573 g/mol.